The molecular weight excluding hydrogens is 264 g/mol. The van der Waals surface area contributed by atoms with Crippen molar-refractivity contribution in [2.75, 3.05) is 39.4 Å². The van der Waals surface area contributed by atoms with Crippen LogP contribution in [0.2, 0.25) is 0 Å². The summed E-state index contributed by atoms with van der Waals surface area (Å²) in [5.41, 5.74) is 0.407. The molecule has 0 amide bonds. The number of fused-ring (bicyclic) bond motifs is 1. The lowest BCUT2D eigenvalue weighted by atomic mass is 9.79. The molecule has 3 atom stereocenters. The smallest absolute Gasteiger partial charge is 0.0583 e. The van der Waals surface area contributed by atoms with Crippen molar-refractivity contribution < 1.29 is 9.84 Å². The maximum absolute atomic E-state index is 10.1. The molecule has 4 heteroatoms. The number of rotatable bonds is 5. The molecule has 4 nitrogen and oxygen atoms in total. The second-order valence-corrected chi connectivity index (χ2v) is 8.03. The molecule has 0 aromatic rings. The minimum atomic E-state index is -0.0322. The molecule has 2 saturated heterocycles. The lowest BCUT2D eigenvalue weighted by Gasteiger charge is -2.40. The summed E-state index contributed by atoms with van der Waals surface area (Å²) in [5.74, 6) is 1.31. The Hall–Kier alpha value is -0.160. The maximum Gasteiger partial charge on any atom is 0.0583 e. The molecule has 3 unspecified atom stereocenters. The molecule has 0 spiro atoms. The Morgan fingerprint density at radius 1 is 1.10 bits per heavy atom. The van der Waals surface area contributed by atoms with Crippen molar-refractivity contribution >= 4 is 0 Å². The molecule has 0 aromatic carbocycles. The van der Waals surface area contributed by atoms with Gasteiger partial charge in [0, 0.05) is 51.4 Å². The van der Waals surface area contributed by atoms with Gasteiger partial charge in [0.05, 0.1) is 6.10 Å². The van der Waals surface area contributed by atoms with Gasteiger partial charge in [-0.05, 0) is 49.9 Å². The molecule has 4 aliphatic rings. The summed E-state index contributed by atoms with van der Waals surface area (Å²) in [7, 11) is 0. The zero-order chi connectivity index (χ0) is 14.3. The third-order valence-electron chi connectivity index (χ3n) is 6.35. The monoisotopic (exact) mass is 294 g/mol. The number of hydrogen-bond donors (Lipinski definition) is 2. The number of aliphatic hydroxyl groups is 1. The Labute approximate surface area is 128 Å². The van der Waals surface area contributed by atoms with Crippen molar-refractivity contribution in [1.82, 2.24) is 10.2 Å². The number of hydrogen-bond acceptors (Lipinski definition) is 4. The predicted octanol–water partition coefficient (Wildman–Crippen LogP) is 1.24. The highest BCUT2D eigenvalue weighted by Gasteiger charge is 2.44. The van der Waals surface area contributed by atoms with Gasteiger partial charge < -0.3 is 20.1 Å². The summed E-state index contributed by atoms with van der Waals surface area (Å²) in [4.78, 5) is 2.65. The van der Waals surface area contributed by atoms with Gasteiger partial charge in [-0.15, -0.1) is 0 Å². The first-order valence-electron chi connectivity index (χ1n) is 8.96. The molecule has 120 valence electrons. The largest absolute Gasteiger partial charge is 0.393 e. The van der Waals surface area contributed by atoms with Gasteiger partial charge in [0.2, 0.25) is 0 Å². The minimum Gasteiger partial charge on any atom is -0.393 e. The Morgan fingerprint density at radius 3 is 2.62 bits per heavy atom. The fourth-order valence-electron chi connectivity index (χ4n) is 4.78. The van der Waals surface area contributed by atoms with Gasteiger partial charge in [0.25, 0.3) is 0 Å². The number of nitrogens with zero attached hydrogens (tertiary/aromatic N) is 1. The van der Waals surface area contributed by atoms with Gasteiger partial charge >= 0.3 is 0 Å². The van der Waals surface area contributed by atoms with E-state index in [1.807, 2.05) is 0 Å². The molecule has 21 heavy (non-hydrogen) atoms. The van der Waals surface area contributed by atoms with E-state index < -0.39 is 0 Å². The van der Waals surface area contributed by atoms with Crippen molar-refractivity contribution in [3.8, 4) is 0 Å². The average Bonchev–Trinajstić information content (AvgIpc) is 3.15. The SMILES string of the molecule is OC1CCC2CN(CC3(CNC4CC4)CCOCC3)CC12. The first kappa shape index (κ1) is 14.4. The van der Waals surface area contributed by atoms with Crippen molar-refractivity contribution in [3.05, 3.63) is 0 Å². The van der Waals surface area contributed by atoms with Gasteiger partial charge in [0.15, 0.2) is 0 Å². The van der Waals surface area contributed by atoms with Crippen molar-refractivity contribution in [2.24, 2.45) is 17.3 Å². The van der Waals surface area contributed by atoms with E-state index in [2.05, 4.69) is 10.2 Å². The molecule has 0 bridgehead atoms. The molecule has 4 rings (SSSR count). The molecule has 2 aliphatic carbocycles. The third kappa shape index (κ3) is 3.14. The van der Waals surface area contributed by atoms with E-state index >= 15 is 0 Å². The highest BCUT2D eigenvalue weighted by atomic mass is 16.5. The fraction of sp³-hybridized carbons (Fsp3) is 1.00. The zero-order valence-corrected chi connectivity index (χ0v) is 13.1. The van der Waals surface area contributed by atoms with Crippen LogP contribution in [0.25, 0.3) is 0 Å². The van der Waals surface area contributed by atoms with Gasteiger partial charge in [-0.1, -0.05) is 0 Å². The molecule has 2 heterocycles. The van der Waals surface area contributed by atoms with E-state index in [0.717, 1.165) is 44.7 Å². The summed E-state index contributed by atoms with van der Waals surface area (Å²) in [5, 5.41) is 13.9. The summed E-state index contributed by atoms with van der Waals surface area (Å²) in [6, 6.07) is 0.796. The maximum atomic E-state index is 10.1. The van der Waals surface area contributed by atoms with Crippen LogP contribution in [0.1, 0.15) is 38.5 Å². The van der Waals surface area contributed by atoms with E-state index in [9.17, 15) is 5.11 Å². The lowest BCUT2D eigenvalue weighted by molar-refractivity contribution is -0.00333. The summed E-state index contributed by atoms with van der Waals surface area (Å²) < 4.78 is 5.62. The first-order valence-corrected chi connectivity index (χ1v) is 8.96. The van der Waals surface area contributed by atoms with Gasteiger partial charge in [-0.3, -0.25) is 0 Å². The Balaban J connectivity index is 1.37. The highest BCUT2D eigenvalue weighted by Crippen LogP contribution is 2.40. The second kappa shape index (κ2) is 5.80. The van der Waals surface area contributed by atoms with Crippen molar-refractivity contribution in [2.45, 2.75) is 50.7 Å². The Bertz CT molecular complexity index is 366. The minimum absolute atomic E-state index is 0.0322. The van der Waals surface area contributed by atoms with Crippen LogP contribution < -0.4 is 5.32 Å². The fourth-order valence-corrected chi connectivity index (χ4v) is 4.78. The molecule has 2 aliphatic heterocycles. The molecule has 0 aromatic heterocycles. The Kier molecular flexibility index (Phi) is 3.99. The molecule has 4 fully saturated rings. The number of likely N-dealkylation sites (tertiary alicyclic amines) is 1. The van der Waals surface area contributed by atoms with Crippen LogP contribution >= 0.6 is 0 Å². The quantitative estimate of drug-likeness (QED) is 0.801. The molecular formula is C17H30N2O2. The van der Waals surface area contributed by atoms with Crippen molar-refractivity contribution in [3.63, 3.8) is 0 Å². The van der Waals surface area contributed by atoms with Gasteiger partial charge in [-0.25, -0.2) is 0 Å². The predicted molar refractivity (Wildman–Crippen MR) is 82.2 cm³/mol. The van der Waals surface area contributed by atoms with Crippen LogP contribution in [-0.4, -0.2) is 61.5 Å². The number of ether oxygens (including phenoxy) is 1. The van der Waals surface area contributed by atoms with E-state index in [0.29, 0.717) is 11.3 Å². The van der Waals surface area contributed by atoms with E-state index in [1.54, 1.807) is 0 Å². The van der Waals surface area contributed by atoms with E-state index in [4.69, 9.17) is 4.74 Å². The molecule has 0 radical (unpaired) electrons. The summed E-state index contributed by atoms with van der Waals surface area (Å²) in [6.45, 7) is 6.56. The number of nitrogens with one attached hydrogen (secondary N) is 1. The van der Waals surface area contributed by atoms with Gasteiger partial charge in [-0.2, -0.15) is 0 Å². The zero-order valence-electron chi connectivity index (χ0n) is 13.1. The van der Waals surface area contributed by atoms with E-state index in [1.165, 1.54) is 45.2 Å². The lowest BCUT2D eigenvalue weighted by Crippen LogP contribution is -2.47. The second-order valence-electron chi connectivity index (χ2n) is 8.03. The van der Waals surface area contributed by atoms with Crippen molar-refractivity contribution in [1.29, 1.82) is 0 Å². The average molecular weight is 294 g/mol. The van der Waals surface area contributed by atoms with Crippen LogP contribution in [0.3, 0.4) is 0 Å². The third-order valence-corrected chi connectivity index (χ3v) is 6.35. The normalized spacial score (nSPS) is 39.6. The van der Waals surface area contributed by atoms with Gasteiger partial charge in [0.1, 0.15) is 0 Å². The molecule has 2 N–H and O–H groups in total. The van der Waals surface area contributed by atoms with Crippen LogP contribution in [0.4, 0.5) is 0 Å². The summed E-state index contributed by atoms with van der Waals surface area (Å²) >= 11 is 0. The topological polar surface area (TPSA) is 44.7 Å². The first-order chi connectivity index (χ1) is 10.2. The van der Waals surface area contributed by atoms with Crippen LogP contribution in [0, 0.1) is 17.3 Å². The Morgan fingerprint density at radius 2 is 1.90 bits per heavy atom. The van der Waals surface area contributed by atoms with Crippen LogP contribution in [0.15, 0.2) is 0 Å². The number of aliphatic hydroxyl groups excluding tert-OH is 1. The molecule has 2 saturated carbocycles. The highest BCUT2D eigenvalue weighted by molar-refractivity contribution is 4.97. The van der Waals surface area contributed by atoms with Crippen LogP contribution in [-0.2, 0) is 4.74 Å². The van der Waals surface area contributed by atoms with E-state index in [-0.39, 0.29) is 6.10 Å². The standard InChI is InChI=1S/C17H30N2O2/c20-16-4-1-13-9-19(10-15(13)16)12-17(5-7-21-8-6-17)11-18-14-2-3-14/h13-16,18,20H,1-12H2. The van der Waals surface area contributed by atoms with Crippen LogP contribution in [0.5, 0.6) is 0 Å². The summed E-state index contributed by atoms with van der Waals surface area (Å²) in [6.07, 6.45) is 7.36.